The standard InChI is InChI=1S/C23H21ClN6/c24-15-6-7-18-19(13-15)28-22(27-18)20-5-2-12-30(20)23-16-3-1-4-17(16)26-21(29-23)14-8-10-25-11-9-14/h6-11,13,20H,1-5,12H2,(H,27,28)/t20-/m1/s1. The Labute approximate surface area is 179 Å². The maximum atomic E-state index is 6.17. The minimum absolute atomic E-state index is 0.182. The molecule has 1 fully saturated rings. The fraction of sp³-hybridized carbons (Fsp3) is 0.304. The summed E-state index contributed by atoms with van der Waals surface area (Å²) in [5, 5.41) is 0.719. The molecule has 6 nitrogen and oxygen atoms in total. The number of rotatable bonds is 3. The van der Waals surface area contributed by atoms with Crippen molar-refractivity contribution in [1.29, 1.82) is 0 Å². The quantitative estimate of drug-likeness (QED) is 0.514. The molecule has 2 aliphatic rings. The van der Waals surface area contributed by atoms with E-state index in [1.807, 2.05) is 30.3 Å². The summed E-state index contributed by atoms with van der Waals surface area (Å²) in [7, 11) is 0. The lowest BCUT2D eigenvalue weighted by Crippen LogP contribution is -2.26. The Morgan fingerprint density at radius 3 is 2.80 bits per heavy atom. The Morgan fingerprint density at radius 2 is 1.90 bits per heavy atom. The molecule has 3 aromatic heterocycles. The molecule has 1 atom stereocenters. The number of aryl methyl sites for hydroxylation is 1. The maximum absolute atomic E-state index is 6.17. The summed E-state index contributed by atoms with van der Waals surface area (Å²) >= 11 is 6.17. The Kier molecular flexibility index (Phi) is 4.20. The van der Waals surface area contributed by atoms with Gasteiger partial charge in [0.05, 0.1) is 17.1 Å². The zero-order valence-corrected chi connectivity index (χ0v) is 17.2. The largest absolute Gasteiger partial charge is 0.346 e. The van der Waals surface area contributed by atoms with Crippen molar-refractivity contribution >= 4 is 28.5 Å². The van der Waals surface area contributed by atoms with Gasteiger partial charge < -0.3 is 9.88 Å². The smallest absolute Gasteiger partial charge is 0.161 e. The average Bonchev–Trinajstić information content (AvgIpc) is 3.51. The molecule has 4 heterocycles. The first kappa shape index (κ1) is 17.8. The molecule has 0 amide bonds. The zero-order chi connectivity index (χ0) is 20.1. The molecule has 0 saturated carbocycles. The summed E-state index contributed by atoms with van der Waals surface area (Å²) in [6.07, 6.45) is 8.96. The van der Waals surface area contributed by atoms with Crippen molar-refractivity contribution in [3.8, 4) is 11.4 Å². The topological polar surface area (TPSA) is 70.6 Å². The predicted octanol–water partition coefficient (Wildman–Crippen LogP) is 4.90. The predicted molar refractivity (Wildman–Crippen MR) is 118 cm³/mol. The molecular weight excluding hydrogens is 396 g/mol. The van der Waals surface area contributed by atoms with Crippen LogP contribution < -0.4 is 4.90 Å². The van der Waals surface area contributed by atoms with Crippen LogP contribution in [0.25, 0.3) is 22.4 Å². The first-order valence-corrected chi connectivity index (χ1v) is 10.9. The van der Waals surface area contributed by atoms with Crippen LogP contribution in [-0.4, -0.2) is 31.5 Å². The molecule has 6 rings (SSSR count). The van der Waals surface area contributed by atoms with Crippen LogP contribution in [0.15, 0.2) is 42.7 Å². The van der Waals surface area contributed by atoms with Gasteiger partial charge in [-0.3, -0.25) is 4.98 Å². The van der Waals surface area contributed by atoms with Gasteiger partial charge >= 0.3 is 0 Å². The third-order valence-electron chi connectivity index (χ3n) is 6.15. The second kappa shape index (κ2) is 7.06. The molecule has 150 valence electrons. The lowest BCUT2D eigenvalue weighted by atomic mass is 10.1. The fourth-order valence-electron chi connectivity index (χ4n) is 4.74. The van der Waals surface area contributed by atoms with Crippen molar-refractivity contribution in [2.75, 3.05) is 11.4 Å². The number of nitrogens with one attached hydrogen (secondary N) is 1. The minimum Gasteiger partial charge on any atom is -0.346 e. The number of hydrogen-bond donors (Lipinski definition) is 1. The van der Waals surface area contributed by atoms with Crippen LogP contribution in [-0.2, 0) is 12.8 Å². The molecule has 0 spiro atoms. The molecule has 7 heteroatoms. The van der Waals surface area contributed by atoms with Gasteiger partial charge in [-0.2, -0.15) is 0 Å². The van der Waals surface area contributed by atoms with Crippen molar-refractivity contribution < 1.29 is 0 Å². The van der Waals surface area contributed by atoms with Crippen LogP contribution in [0.5, 0.6) is 0 Å². The fourth-order valence-corrected chi connectivity index (χ4v) is 4.92. The molecule has 30 heavy (non-hydrogen) atoms. The van der Waals surface area contributed by atoms with Crippen molar-refractivity contribution in [3.63, 3.8) is 0 Å². The van der Waals surface area contributed by atoms with E-state index in [1.54, 1.807) is 12.4 Å². The van der Waals surface area contributed by atoms with E-state index in [4.69, 9.17) is 26.6 Å². The van der Waals surface area contributed by atoms with Crippen LogP contribution >= 0.6 is 11.6 Å². The summed E-state index contributed by atoms with van der Waals surface area (Å²) in [5.41, 5.74) is 5.43. The highest BCUT2D eigenvalue weighted by Gasteiger charge is 2.33. The van der Waals surface area contributed by atoms with Crippen LogP contribution in [0, 0.1) is 0 Å². The van der Waals surface area contributed by atoms with Crippen LogP contribution in [0.4, 0.5) is 5.82 Å². The molecular formula is C23H21ClN6. The summed E-state index contributed by atoms with van der Waals surface area (Å²) < 4.78 is 0. The van der Waals surface area contributed by atoms with Crippen molar-refractivity contribution in [3.05, 3.63) is 64.8 Å². The van der Waals surface area contributed by atoms with Crippen molar-refractivity contribution in [2.24, 2.45) is 0 Å². The minimum atomic E-state index is 0.182. The van der Waals surface area contributed by atoms with E-state index in [0.29, 0.717) is 0 Å². The van der Waals surface area contributed by atoms with E-state index < -0.39 is 0 Å². The zero-order valence-electron chi connectivity index (χ0n) is 16.5. The maximum Gasteiger partial charge on any atom is 0.161 e. The lowest BCUT2D eigenvalue weighted by Gasteiger charge is -2.26. The first-order chi connectivity index (χ1) is 14.8. The molecule has 1 saturated heterocycles. The number of pyridine rings is 1. The Bertz CT molecular complexity index is 1240. The highest BCUT2D eigenvalue weighted by Crippen LogP contribution is 2.40. The van der Waals surface area contributed by atoms with E-state index in [0.717, 1.165) is 77.7 Å². The highest BCUT2D eigenvalue weighted by molar-refractivity contribution is 6.31. The molecule has 1 N–H and O–H groups in total. The van der Waals surface area contributed by atoms with Gasteiger partial charge in [0.2, 0.25) is 0 Å². The number of anilines is 1. The number of benzene rings is 1. The normalized spacial score (nSPS) is 18.3. The van der Waals surface area contributed by atoms with E-state index >= 15 is 0 Å². The molecule has 0 bridgehead atoms. The summed E-state index contributed by atoms with van der Waals surface area (Å²) in [6, 6.07) is 9.94. The van der Waals surface area contributed by atoms with Gasteiger partial charge in [-0.05, 0) is 62.4 Å². The SMILES string of the molecule is Clc1ccc2nc([C@H]3CCCN3c3nc(-c4ccncc4)nc4c3CCC4)[nH]c2c1. The van der Waals surface area contributed by atoms with E-state index in [9.17, 15) is 0 Å². The summed E-state index contributed by atoms with van der Waals surface area (Å²) in [5.74, 6) is 2.85. The lowest BCUT2D eigenvalue weighted by molar-refractivity contribution is 0.669. The Morgan fingerprint density at radius 1 is 1.00 bits per heavy atom. The van der Waals surface area contributed by atoms with Gasteiger partial charge in [0.15, 0.2) is 5.82 Å². The van der Waals surface area contributed by atoms with E-state index in [2.05, 4.69) is 14.9 Å². The molecule has 0 unspecified atom stereocenters. The van der Waals surface area contributed by atoms with Gasteiger partial charge in [-0.15, -0.1) is 0 Å². The van der Waals surface area contributed by atoms with Gasteiger partial charge in [0, 0.05) is 40.8 Å². The number of fused-ring (bicyclic) bond motifs is 2. The van der Waals surface area contributed by atoms with Gasteiger partial charge in [-0.1, -0.05) is 11.6 Å². The number of aromatic amines is 1. The number of nitrogens with zero attached hydrogens (tertiary/aromatic N) is 5. The van der Waals surface area contributed by atoms with E-state index in [1.165, 1.54) is 11.3 Å². The van der Waals surface area contributed by atoms with Gasteiger partial charge in [-0.25, -0.2) is 15.0 Å². The van der Waals surface area contributed by atoms with E-state index in [-0.39, 0.29) is 6.04 Å². The summed E-state index contributed by atoms with van der Waals surface area (Å²) in [6.45, 7) is 0.974. The first-order valence-electron chi connectivity index (χ1n) is 10.5. The van der Waals surface area contributed by atoms with Crippen LogP contribution in [0.2, 0.25) is 5.02 Å². The second-order valence-electron chi connectivity index (χ2n) is 8.02. The monoisotopic (exact) mass is 416 g/mol. The third-order valence-corrected chi connectivity index (χ3v) is 6.39. The third kappa shape index (κ3) is 2.94. The summed E-state index contributed by atoms with van der Waals surface area (Å²) in [4.78, 5) is 24.9. The highest BCUT2D eigenvalue weighted by atomic mass is 35.5. The van der Waals surface area contributed by atoms with Gasteiger partial charge in [0.1, 0.15) is 11.6 Å². The van der Waals surface area contributed by atoms with Crippen molar-refractivity contribution in [2.45, 2.75) is 38.1 Å². The number of imidazole rings is 1. The molecule has 1 aromatic carbocycles. The van der Waals surface area contributed by atoms with Crippen molar-refractivity contribution in [1.82, 2.24) is 24.9 Å². The number of aromatic nitrogens is 5. The van der Waals surface area contributed by atoms with Gasteiger partial charge in [0.25, 0.3) is 0 Å². The molecule has 1 aliphatic carbocycles. The molecule has 0 radical (unpaired) electrons. The molecule has 4 aromatic rings. The van der Waals surface area contributed by atoms with Crippen LogP contribution in [0.1, 0.15) is 42.4 Å². The second-order valence-corrected chi connectivity index (χ2v) is 8.46. The van der Waals surface area contributed by atoms with Crippen LogP contribution in [0.3, 0.4) is 0 Å². The number of hydrogen-bond acceptors (Lipinski definition) is 5. The molecule has 1 aliphatic heterocycles. The number of halogens is 1. The Hall–Kier alpha value is -2.99. The average molecular weight is 417 g/mol. The Balaban J connectivity index is 1.45. The number of H-pyrrole nitrogens is 1.